The molecule has 2 amide bonds. The molecule has 0 saturated carbocycles. The van der Waals surface area contributed by atoms with Gasteiger partial charge in [-0.3, -0.25) is 14.4 Å². The average Bonchev–Trinajstić information content (AvgIpc) is 2.88. The van der Waals surface area contributed by atoms with Crippen molar-refractivity contribution in [2.75, 3.05) is 11.4 Å². The minimum Gasteiger partial charge on any atom is -0.480 e. The first kappa shape index (κ1) is 16.0. The van der Waals surface area contributed by atoms with Crippen LogP contribution in [0.15, 0.2) is 24.3 Å². The lowest BCUT2D eigenvalue weighted by Gasteiger charge is -2.20. The fourth-order valence-electron chi connectivity index (χ4n) is 2.58. The minimum absolute atomic E-state index is 0.107. The molecular formula is C16H20N2O4. The van der Waals surface area contributed by atoms with Gasteiger partial charge in [0.2, 0.25) is 11.8 Å². The number of nitrogens with one attached hydrogen (secondary N) is 1. The third kappa shape index (κ3) is 3.27. The molecule has 0 aromatic heterocycles. The van der Waals surface area contributed by atoms with E-state index in [1.807, 2.05) is 31.2 Å². The Morgan fingerprint density at radius 3 is 2.73 bits per heavy atom. The molecule has 1 aliphatic heterocycles. The average molecular weight is 304 g/mol. The maximum absolute atomic E-state index is 12.2. The van der Waals surface area contributed by atoms with Gasteiger partial charge in [-0.15, -0.1) is 0 Å². The molecule has 1 fully saturated rings. The molecule has 0 bridgehead atoms. The van der Waals surface area contributed by atoms with E-state index in [1.54, 1.807) is 4.90 Å². The number of para-hydroxylation sites is 1. The molecule has 1 aromatic rings. The van der Waals surface area contributed by atoms with Crippen LogP contribution < -0.4 is 10.2 Å². The van der Waals surface area contributed by atoms with Gasteiger partial charge in [-0.2, -0.15) is 0 Å². The number of amides is 2. The molecule has 1 aromatic carbocycles. The van der Waals surface area contributed by atoms with Crippen molar-refractivity contribution in [3.05, 3.63) is 29.8 Å². The van der Waals surface area contributed by atoms with Crippen LogP contribution in [0.25, 0.3) is 0 Å². The van der Waals surface area contributed by atoms with E-state index in [2.05, 4.69) is 5.32 Å². The van der Waals surface area contributed by atoms with E-state index >= 15 is 0 Å². The first-order chi connectivity index (χ1) is 10.4. The molecule has 6 nitrogen and oxygen atoms in total. The number of aryl methyl sites for hydroxylation is 1. The topological polar surface area (TPSA) is 86.7 Å². The number of hydrogen-bond acceptors (Lipinski definition) is 3. The second-order valence-electron chi connectivity index (χ2n) is 5.46. The summed E-state index contributed by atoms with van der Waals surface area (Å²) in [5.41, 5.74) is 1.88. The van der Waals surface area contributed by atoms with Gasteiger partial charge in [-0.05, 0) is 25.0 Å². The van der Waals surface area contributed by atoms with Crippen LogP contribution in [0.1, 0.15) is 25.8 Å². The predicted octanol–water partition coefficient (Wildman–Crippen LogP) is 1.19. The number of carboxylic acids is 1. The number of nitrogens with zero attached hydrogens (tertiary/aromatic N) is 1. The van der Waals surface area contributed by atoms with E-state index in [9.17, 15) is 14.4 Å². The third-order valence-corrected chi connectivity index (χ3v) is 3.89. The second-order valence-corrected chi connectivity index (χ2v) is 5.46. The Morgan fingerprint density at radius 1 is 1.41 bits per heavy atom. The molecule has 0 radical (unpaired) electrons. The number of anilines is 1. The molecule has 6 heteroatoms. The first-order valence-corrected chi connectivity index (χ1v) is 7.35. The summed E-state index contributed by atoms with van der Waals surface area (Å²) in [4.78, 5) is 36.7. The van der Waals surface area contributed by atoms with Crippen LogP contribution in [0.4, 0.5) is 5.69 Å². The molecule has 1 saturated heterocycles. The Kier molecular flexibility index (Phi) is 4.80. The van der Waals surface area contributed by atoms with Crippen LogP contribution >= 0.6 is 0 Å². The highest BCUT2D eigenvalue weighted by Crippen LogP contribution is 2.28. The van der Waals surface area contributed by atoms with Gasteiger partial charge in [0.15, 0.2) is 0 Å². The van der Waals surface area contributed by atoms with Crippen molar-refractivity contribution in [2.24, 2.45) is 5.92 Å². The number of hydrogen-bond donors (Lipinski definition) is 2. The van der Waals surface area contributed by atoms with Gasteiger partial charge in [0, 0.05) is 18.7 Å². The van der Waals surface area contributed by atoms with Gasteiger partial charge < -0.3 is 15.3 Å². The summed E-state index contributed by atoms with van der Waals surface area (Å²) >= 11 is 0. The van der Waals surface area contributed by atoms with Crippen molar-refractivity contribution >= 4 is 23.5 Å². The van der Waals surface area contributed by atoms with Crippen molar-refractivity contribution in [1.29, 1.82) is 0 Å². The molecule has 1 heterocycles. The number of carbonyl (C=O) groups is 3. The maximum atomic E-state index is 12.2. The van der Waals surface area contributed by atoms with Crippen LogP contribution in [0.2, 0.25) is 0 Å². The monoisotopic (exact) mass is 304 g/mol. The lowest BCUT2D eigenvalue weighted by atomic mass is 10.1. The number of benzene rings is 1. The van der Waals surface area contributed by atoms with Gasteiger partial charge in [0.05, 0.1) is 5.92 Å². The predicted molar refractivity (Wildman–Crippen MR) is 81.5 cm³/mol. The van der Waals surface area contributed by atoms with E-state index in [1.165, 1.54) is 6.92 Å². The van der Waals surface area contributed by atoms with Crippen LogP contribution in [-0.2, 0) is 20.8 Å². The fraction of sp³-hybridized carbons (Fsp3) is 0.438. The molecule has 22 heavy (non-hydrogen) atoms. The Labute approximate surface area is 129 Å². The molecule has 118 valence electrons. The summed E-state index contributed by atoms with van der Waals surface area (Å²) in [7, 11) is 0. The van der Waals surface area contributed by atoms with Crippen molar-refractivity contribution in [3.8, 4) is 0 Å². The summed E-state index contributed by atoms with van der Waals surface area (Å²) in [6, 6.07) is 6.66. The fourth-order valence-corrected chi connectivity index (χ4v) is 2.58. The summed E-state index contributed by atoms with van der Waals surface area (Å²) in [6.45, 7) is 3.70. The molecule has 0 spiro atoms. The lowest BCUT2D eigenvalue weighted by molar-refractivity contribution is -0.141. The van der Waals surface area contributed by atoms with Crippen molar-refractivity contribution < 1.29 is 19.5 Å². The van der Waals surface area contributed by atoms with Gasteiger partial charge >= 0.3 is 5.97 Å². The molecule has 1 unspecified atom stereocenters. The maximum Gasteiger partial charge on any atom is 0.325 e. The normalized spacial score (nSPS) is 19.1. The van der Waals surface area contributed by atoms with Gasteiger partial charge in [0.25, 0.3) is 0 Å². The van der Waals surface area contributed by atoms with Gasteiger partial charge in [-0.25, -0.2) is 0 Å². The Balaban J connectivity index is 2.11. The molecule has 2 N–H and O–H groups in total. The highest BCUT2D eigenvalue weighted by Gasteiger charge is 2.36. The highest BCUT2D eigenvalue weighted by atomic mass is 16.4. The first-order valence-electron chi connectivity index (χ1n) is 7.35. The molecule has 2 rings (SSSR count). The molecule has 0 aliphatic carbocycles. The Bertz CT molecular complexity index is 600. The number of rotatable bonds is 5. The smallest absolute Gasteiger partial charge is 0.325 e. The summed E-state index contributed by atoms with van der Waals surface area (Å²) in [6.07, 6.45) is 0.906. The van der Waals surface area contributed by atoms with Gasteiger partial charge in [-0.1, -0.05) is 25.1 Å². The summed E-state index contributed by atoms with van der Waals surface area (Å²) < 4.78 is 0. The zero-order valence-electron chi connectivity index (χ0n) is 12.7. The zero-order valence-corrected chi connectivity index (χ0v) is 12.7. The van der Waals surface area contributed by atoms with Crippen molar-refractivity contribution in [2.45, 2.75) is 32.7 Å². The number of aliphatic carboxylic acids is 1. The highest BCUT2D eigenvalue weighted by molar-refractivity contribution is 6.01. The third-order valence-electron chi connectivity index (χ3n) is 3.89. The number of carbonyl (C=O) groups excluding carboxylic acids is 2. The summed E-state index contributed by atoms with van der Waals surface area (Å²) in [5, 5.41) is 11.3. The Hall–Kier alpha value is -2.37. The Morgan fingerprint density at radius 2 is 2.09 bits per heavy atom. The SMILES string of the molecule is CCc1ccccc1N1CC(C(=O)N[C@H](C)C(=O)O)CC1=O. The molecule has 1 aliphatic rings. The van der Waals surface area contributed by atoms with E-state index in [-0.39, 0.29) is 24.8 Å². The van der Waals surface area contributed by atoms with Crippen molar-refractivity contribution in [3.63, 3.8) is 0 Å². The lowest BCUT2D eigenvalue weighted by Crippen LogP contribution is -2.42. The van der Waals surface area contributed by atoms with Crippen molar-refractivity contribution in [1.82, 2.24) is 5.32 Å². The van der Waals surface area contributed by atoms with Crippen LogP contribution in [0, 0.1) is 5.92 Å². The quantitative estimate of drug-likeness (QED) is 0.855. The minimum atomic E-state index is -1.09. The van der Waals surface area contributed by atoms with Crippen LogP contribution in [0.5, 0.6) is 0 Å². The summed E-state index contributed by atoms with van der Waals surface area (Å²) in [5.74, 6) is -2.10. The van der Waals surface area contributed by atoms with Crippen LogP contribution in [-0.4, -0.2) is 35.5 Å². The van der Waals surface area contributed by atoms with Crippen LogP contribution in [0.3, 0.4) is 0 Å². The van der Waals surface area contributed by atoms with E-state index in [0.717, 1.165) is 17.7 Å². The second kappa shape index (κ2) is 6.60. The van der Waals surface area contributed by atoms with E-state index < -0.39 is 17.9 Å². The standard InChI is InChI=1S/C16H20N2O4/c1-3-11-6-4-5-7-13(11)18-9-12(8-14(18)19)15(20)17-10(2)16(21)22/h4-7,10,12H,3,8-9H2,1-2H3,(H,17,20)(H,21,22)/t10-,12?/m1/s1. The van der Waals surface area contributed by atoms with E-state index in [4.69, 9.17) is 5.11 Å². The van der Waals surface area contributed by atoms with E-state index in [0.29, 0.717) is 0 Å². The zero-order chi connectivity index (χ0) is 16.3. The molecular weight excluding hydrogens is 284 g/mol. The largest absolute Gasteiger partial charge is 0.480 e. The van der Waals surface area contributed by atoms with Gasteiger partial charge in [0.1, 0.15) is 6.04 Å². The molecule has 2 atom stereocenters. The number of carboxylic acid groups (broad SMARTS) is 1.